The molecule has 0 aliphatic carbocycles. The van der Waals surface area contributed by atoms with Crippen molar-refractivity contribution in [3.63, 3.8) is 0 Å². The van der Waals surface area contributed by atoms with E-state index in [0.717, 1.165) is 36.5 Å². The third-order valence-corrected chi connectivity index (χ3v) is 6.92. The van der Waals surface area contributed by atoms with Crippen LogP contribution in [0.25, 0.3) is 0 Å². The van der Waals surface area contributed by atoms with E-state index in [4.69, 9.17) is 14.2 Å². The minimum absolute atomic E-state index is 0.0928. The number of pyridine rings is 1. The summed E-state index contributed by atoms with van der Waals surface area (Å²) in [6, 6.07) is 10.2. The van der Waals surface area contributed by atoms with Gasteiger partial charge in [0.25, 0.3) is 0 Å². The van der Waals surface area contributed by atoms with Crippen LogP contribution in [-0.2, 0) is 41.0 Å². The lowest BCUT2D eigenvalue weighted by Crippen LogP contribution is -2.34. The normalized spacial score (nSPS) is 17.0. The number of methoxy groups -OCH3 is 1. The molecule has 3 aromatic rings. The van der Waals surface area contributed by atoms with Crippen molar-refractivity contribution < 1.29 is 19.0 Å². The number of esters is 1. The van der Waals surface area contributed by atoms with Crippen LogP contribution in [0.5, 0.6) is 5.75 Å². The van der Waals surface area contributed by atoms with Gasteiger partial charge in [0.05, 0.1) is 37.1 Å². The molecular formula is C28H37N5O4. The highest BCUT2D eigenvalue weighted by molar-refractivity contribution is 5.77. The standard InChI is InChI=1S/C28H37N5O4/c1-7-23-16-33(17-24-25(37-23)9-8-12-29-24)14-21-13-20(11-10-19(21)2)26(28(3,4)27(34)35-6)36-18-22-15-32(5)31-30-22/h8-13,15,23,26H,7,14,16-18H2,1-6H3/t23-,26-/m1/s1. The molecule has 3 heterocycles. The summed E-state index contributed by atoms with van der Waals surface area (Å²) in [4.78, 5) is 19.7. The van der Waals surface area contributed by atoms with E-state index in [1.165, 1.54) is 18.2 Å². The molecule has 0 spiro atoms. The summed E-state index contributed by atoms with van der Waals surface area (Å²) in [6.07, 6.45) is 4.08. The molecule has 198 valence electrons. The fourth-order valence-electron chi connectivity index (χ4n) is 4.75. The zero-order chi connectivity index (χ0) is 26.6. The maximum Gasteiger partial charge on any atom is 0.314 e. The van der Waals surface area contributed by atoms with E-state index in [0.29, 0.717) is 12.2 Å². The van der Waals surface area contributed by atoms with E-state index >= 15 is 0 Å². The summed E-state index contributed by atoms with van der Waals surface area (Å²) < 4.78 is 19.3. The number of benzene rings is 1. The van der Waals surface area contributed by atoms with Crippen molar-refractivity contribution in [2.45, 2.75) is 66.0 Å². The van der Waals surface area contributed by atoms with Crippen LogP contribution in [0.4, 0.5) is 0 Å². The number of ether oxygens (including phenoxy) is 3. The first-order chi connectivity index (χ1) is 17.7. The van der Waals surface area contributed by atoms with Crippen molar-refractivity contribution in [1.82, 2.24) is 24.9 Å². The van der Waals surface area contributed by atoms with E-state index in [1.54, 1.807) is 10.9 Å². The molecule has 0 fully saturated rings. The van der Waals surface area contributed by atoms with Crippen molar-refractivity contribution in [2.24, 2.45) is 12.5 Å². The Hall–Kier alpha value is -3.30. The van der Waals surface area contributed by atoms with Crippen LogP contribution in [0, 0.1) is 12.3 Å². The van der Waals surface area contributed by atoms with E-state index in [2.05, 4.69) is 46.2 Å². The molecule has 0 N–H and O–H groups in total. The van der Waals surface area contributed by atoms with Crippen LogP contribution in [0.15, 0.2) is 42.7 Å². The van der Waals surface area contributed by atoms with Crippen LogP contribution in [0.1, 0.15) is 61.4 Å². The largest absolute Gasteiger partial charge is 0.487 e. The van der Waals surface area contributed by atoms with Crippen LogP contribution in [-0.4, -0.2) is 50.6 Å². The second-order valence-corrected chi connectivity index (χ2v) is 10.2. The van der Waals surface area contributed by atoms with E-state index in [1.807, 2.05) is 45.3 Å². The molecule has 0 amide bonds. The second kappa shape index (κ2) is 11.4. The van der Waals surface area contributed by atoms with Gasteiger partial charge in [-0.1, -0.05) is 30.3 Å². The Bertz CT molecular complexity index is 1220. The number of hydrogen-bond donors (Lipinski definition) is 0. The molecule has 1 aliphatic heterocycles. The Labute approximate surface area is 218 Å². The smallest absolute Gasteiger partial charge is 0.314 e. The predicted molar refractivity (Wildman–Crippen MR) is 139 cm³/mol. The van der Waals surface area contributed by atoms with Gasteiger partial charge >= 0.3 is 5.97 Å². The fourth-order valence-corrected chi connectivity index (χ4v) is 4.75. The van der Waals surface area contributed by atoms with Crippen LogP contribution in [0.3, 0.4) is 0 Å². The summed E-state index contributed by atoms with van der Waals surface area (Å²) in [5.41, 5.74) is 3.98. The molecule has 0 saturated carbocycles. The number of fused-ring (bicyclic) bond motifs is 1. The van der Waals surface area contributed by atoms with Crippen LogP contribution >= 0.6 is 0 Å². The number of nitrogens with zero attached hydrogens (tertiary/aromatic N) is 5. The zero-order valence-electron chi connectivity index (χ0n) is 22.6. The average molecular weight is 508 g/mol. The number of rotatable bonds is 9. The zero-order valence-corrected chi connectivity index (χ0v) is 22.6. The third kappa shape index (κ3) is 6.17. The van der Waals surface area contributed by atoms with Crippen LogP contribution in [0.2, 0.25) is 0 Å². The molecular weight excluding hydrogens is 470 g/mol. The van der Waals surface area contributed by atoms with Gasteiger partial charge in [-0.2, -0.15) is 0 Å². The summed E-state index contributed by atoms with van der Waals surface area (Å²) in [6.45, 7) is 10.4. The summed E-state index contributed by atoms with van der Waals surface area (Å²) in [7, 11) is 3.21. The Balaban J connectivity index is 1.62. The molecule has 0 unspecified atom stereocenters. The number of aryl methyl sites for hydroxylation is 2. The Morgan fingerprint density at radius 1 is 1.30 bits per heavy atom. The van der Waals surface area contributed by atoms with Gasteiger partial charge < -0.3 is 14.2 Å². The average Bonchev–Trinajstić information content (AvgIpc) is 3.21. The minimum Gasteiger partial charge on any atom is -0.487 e. The van der Waals surface area contributed by atoms with Gasteiger partial charge in [0.2, 0.25) is 0 Å². The third-order valence-electron chi connectivity index (χ3n) is 6.92. The van der Waals surface area contributed by atoms with Gasteiger partial charge in [0.1, 0.15) is 17.5 Å². The first-order valence-corrected chi connectivity index (χ1v) is 12.7. The van der Waals surface area contributed by atoms with Gasteiger partial charge in [0.15, 0.2) is 0 Å². The molecule has 9 heteroatoms. The van der Waals surface area contributed by atoms with Gasteiger partial charge in [-0.3, -0.25) is 19.4 Å². The first-order valence-electron chi connectivity index (χ1n) is 12.7. The molecule has 1 aliphatic rings. The number of carbonyl (C=O) groups is 1. The van der Waals surface area contributed by atoms with Gasteiger partial charge in [-0.05, 0) is 56.0 Å². The first kappa shape index (κ1) is 26.8. The number of aromatic nitrogens is 4. The number of carbonyl (C=O) groups excluding carboxylic acids is 1. The SMILES string of the molecule is CC[C@@H]1CN(Cc2cc([C@@H](OCc3cn(C)nn3)C(C)(C)C(=O)OC)ccc2C)Cc2ncccc2O1. The van der Waals surface area contributed by atoms with Gasteiger partial charge in [0, 0.05) is 32.9 Å². The van der Waals surface area contributed by atoms with Crippen molar-refractivity contribution in [2.75, 3.05) is 13.7 Å². The van der Waals surface area contributed by atoms with E-state index in [-0.39, 0.29) is 18.7 Å². The van der Waals surface area contributed by atoms with E-state index < -0.39 is 11.5 Å². The lowest BCUT2D eigenvalue weighted by molar-refractivity contribution is -0.162. The molecule has 1 aromatic carbocycles. The minimum atomic E-state index is -0.921. The van der Waals surface area contributed by atoms with Gasteiger partial charge in [-0.15, -0.1) is 5.10 Å². The predicted octanol–water partition coefficient (Wildman–Crippen LogP) is 4.15. The highest BCUT2D eigenvalue weighted by atomic mass is 16.5. The lowest BCUT2D eigenvalue weighted by atomic mass is 9.81. The topological polar surface area (TPSA) is 91.6 Å². The molecule has 0 saturated heterocycles. The molecule has 2 atom stereocenters. The molecule has 4 rings (SSSR count). The lowest BCUT2D eigenvalue weighted by Gasteiger charge is -2.32. The van der Waals surface area contributed by atoms with Gasteiger partial charge in [-0.25, -0.2) is 0 Å². The maximum absolute atomic E-state index is 12.8. The molecule has 2 aromatic heterocycles. The Morgan fingerprint density at radius 3 is 2.81 bits per heavy atom. The van der Waals surface area contributed by atoms with E-state index in [9.17, 15) is 4.79 Å². The summed E-state index contributed by atoms with van der Waals surface area (Å²) >= 11 is 0. The monoisotopic (exact) mass is 507 g/mol. The highest BCUT2D eigenvalue weighted by Gasteiger charge is 2.40. The fraction of sp³-hybridized carbons (Fsp3) is 0.500. The Kier molecular flexibility index (Phi) is 8.24. The summed E-state index contributed by atoms with van der Waals surface area (Å²) in [5.74, 6) is 0.525. The van der Waals surface area contributed by atoms with Crippen molar-refractivity contribution in [1.29, 1.82) is 0 Å². The summed E-state index contributed by atoms with van der Waals surface area (Å²) in [5, 5.41) is 8.11. The van der Waals surface area contributed by atoms with Crippen molar-refractivity contribution in [3.8, 4) is 5.75 Å². The molecule has 0 bridgehead atoms. The molecule has 9 nitrogen and oxygen atoms in total. The molecule has 37 heavy (non-hydrogen) atoms. The maximum atomic E-state index is 12.8. The van der Waals surface area contributed by atoms with Crippen LogP contribution < -0.4 is 4.74 Å². The highest BCUT2D eigenvalue weighted by Crippen LogP contribution is 2.39. The van der Waals surface area contributed by atoms with Crippen molar-refractivity contribution in [3.05, 3.63) is 70.8 Å². The van der Waals surface area contributed by atoms with Crippen molar-refractivity contribution >= 4 is 5.97 Å². The second-order valence-electron chi connectivity index (χ2n) is 10.2. The molecule has 0 radical (unpaired) electrons. The quantitative estimate of drug-likeness (QED) is 0.399. The number of hydrogen-bond acceptors (Lipinski definition) is 8. The Morgan fingerprint density at radius 2 is 2.11 bits per heavy atom.